The van der Waals surface area contributed by atoms with E-state index in [1.165, 1.54) is 5.56 Å². The minimum absolute atomic E-state index is 0.157. The van der Waals surface area contributed by atoms with Gasteiger partial charge >= 0.3 is 0 Å². The third kappa shape index (κ3) is 3.56. The number of carbonyl (C=O) groups excluding carboxylic acids is 1. The first-order valence-electron chi connectivity index (χ1n) is 9.06. The molecule has 0 aliphatic carbocycles. The number of anilines is 1. The molecule has 4 rings (SSSR count). The van der Waals surface area contributed by atoms with E-state index in [9.17, 15) is 4.79 Å². The molecule has 1 aliphatic heterocycles. The molecule has 3 aromatic rings. The standard InChI is InChI=1S/C21H20BrN3OS/c1-13(2)25-17-7-6-16(12-15(17)4-3-5-18(25)26)19-20(22)27-21(24-19)14-8-10-23-11-9-14/h6-13H,3-5H2,1-2H3. The van der Waals surface area contributed by atoms with E-state index in [2.05, 4.69) is 53.0 Å². The highest BCUT2D eigenvalue weighted by atomic mass is 79.9. The maximum Gasteiger partial charge on any atom is 0.227 e. The predicted molar refractivity (Wildman–Crippen MR) is 114 cm³/mol. The molecule has 2 aromatic heterocycles. The van der Waals surface area contributed by atoms with Crippen LogP contribution in [0.1, 0.15) is 32.3 Å². The van der Waals surface area contributed by atoms with Gasteiger partial charge in [-0.3, -0.25) is 9.78 Å². The average molecular weight is 442 g/mol. The van der Waals surface area contributed by atoms with E-state index in [4.69, 9.17) is 4.98 Å². The quantitative estimate of drug-likeness (QED) is 0.522. The van der Waals surface area contributed by atoms with Crippen molar-refractivity contribution >= 4 is 38.9 Å². The second-order valence-corrected chi connectivity index (χ2v) is 9.25. The number of pyridine rings is 1. The van der Waals surface area contributed by atoms with E-state index in [0.717, 1.165) is 44.1 Å². The Bertz CT molecular complexity index is 984. The van der Waals surface area contributed by atoms with Crippen LogP contribution in [0.3, 0.4) is 0 Å². The molecule has 1 aromatic carbocycles. The highest BCUT2D eigenvalue weighted by Crippen LogP contribution is 2.39. The smallest absolute Gasteiger partial charge is 0.227 e. The van der Waals surface area contributed by atoms with Crippen molar-refractivity contribution in [2.45, 2.75) is 39.2 Å². The molecule has 1 amide bonds. The summed E-state index contributed by atoms with van der Waals surface area (Å²) in [7, 11) is 0. The van der Waals surface area contributed by atoms with Crippen LogP contribution in [0.5, 0.6) is 0 Å². The van der Waals surface area contributed by atoms with Gasteiger partial charge in [0.15, 0.2) is 0 Å². The van der Waals surface area contributed by atoms with Crippen molar-refractivity contribution < 1.29 is 4.79 Å². The molecule has 0 unspecified atom stereocenters. The zero-order chi connectivity index (χ0) is 19.0. The topological polar surface area (TPSA) is 46.1 Å². The molecule has 0 fully saturated rings. The summed E-state index contributed by atoms with van der Waals surface area (Å²) in [5.74, 6) is 0.214. The van der Waals surface area contributed by atoms with Crippen LogP contribution in [-0.2, 0) is 11.2 Å². The largest absolute Gasteiger partial charge is 0.310 e. The molecule has 27 heavy (non-hydrogen) atoms. The summed E-state index contributed by atoms with van der Waals surface area (Å²) in [4.78, 5) is 23.4. The molecule has 0 saturated heterocycles. The van der Waals surface area contributed by atoms with Gasteiger partial charge in [0, 0.05) is 41.7 Å². The summed E-state index contributed by atoms with van der Waals surface area (Å²) in [6.07, 6.45) is 5.97. The number of nitrogens with zero attached hydrogens (tertiary/aromatic N) is 3. The zero-order valence-corrected chi connectivity index (χ0v) is 17.7. The molecule has 0 spiro atoms. The summed E-state index contributed by atoms with van der Waals surface area (Å²) in [5, 5.41) is 0.966. The van der Waals surface area contributed by atoms with Gasteiger partial charge < -0.3 is 4.90 Å². The lowest BCUT2D eigenvalue weighted by molar-refractivity contribution is -0.118. The maximum absolute atomic E-state index is 12.5. The Morgan fingerprint density at radius 3 is 2.63 bits per heavy atom. The number of carbonyl (C=O) groups is 1. The minimum atomic E-state index is 0.157. The van der Waals surface area contributed by atoms with Crippen molar-refractivity contribution in [2.75, 3.05) is 4.90 Å². The lowest BCUT2D eigenvalue weighted by atomic mass is 10.0. The third-order valence-corrected chi connectivity index (χ3v) is 6.50. The maximum atomic E-state index is 12.5. The molecule has 0 N–H and O–H groups in total. The van der Waals surface area contributed by atoms with Crippen LogP contribution >= 0.6 is 27.3 Å². The average Bonchev–Trinajstić information content (AvgIpc) is 2.96. The first-order chi connectivity index (χ1) is 13.0. The number of benzene rings is 1. The number of amides is 1. The Labute approximate surface area is 171 Å². The van der Waals surface area contributed by atoms with Crippen LogP contribution in [0.2, 0.25) is 0 Å². The molecule has 1 aliphatic rings. The Hall–Kier alpha value is -2.05. The fourth-order valence-corrected chi connectivity index (χ4v) is 5.11. The first-order valence-corrected chi connectivity index (χ1v) is 10.7. The number of rotatable bonds is 3. The van der Waals surface area contributed by atoms with Crippen LogP contribution in [0.4, 0.5) is 5.69 Å². The zero-order valence-electron chi connectivity index (χ0n) is 15.3. The van der Waals surface area contributed by atoms with Crippen molar-refractivity contribution in [2.24, 2.45) is 0 Å². The first kappa shape index (κ1) is 18.3. The Morgan fingerprint density at radius 1 is 1.11 bits per heavy atom. The number of aryl methyl sites for hydroxylation is 1. The molecule has 6 heteroatoms. The van der Waals surface area contributed by atoms with E-state index in [0.29, 0.717) is 6.42 Å². The van der Waals surface area contributed by atoms with E-state index in [-0.39, 0.29) is 11.9 Å². The van der Waals surface area contributed by atoms with Gasteiger partial charge in [-0.1, -0.05) is 6.07 Å². The van der Waals surface area contributed by atoms with Gasteiger partial charge in [0.05, 0.1) is 9.48 Å². The molecule has 3 heterocycles. The highest BCUT2D eigenvalue weighted by Gasteiger charge is 2.25. The van der Waals surface area contributed by atoms with Crippen molar-refractivity contribution in [1.29, 1.82) is 0 Å². The molecule has 0 saturated carbocycles. The molecule has 0 atom stereocenters. The van der Waals surface area contributed by atoms with E-state index in [1.54, 1.807) is 23.7 Å². The molecule has 138 valence electrons. The van der Waals surface area contributed by atoms with Gasteiger partial charge in [0.2, 0.25) is 5.91 Å². The Kier molecular flexibility index (Phi) is 5.10. The van der Waals surface area contributed by atoms with Crippen molar-refractivity contribution in [3.63, 3.8) is 0 Å². The molecule has 0 radical (unpaired) electrons. The summed E-state index contributed by atoms with van der Waals surface area (Å²) in [6, 6.07) is 10.4. The van der Waals surface area contributed by atoms with Crippen LogP contribution in [0, 0.1) is 0 Å². The number of thiazole rings is 1. The lowest BCUT2D eigenvalue weighted by Gasteiger charge is -2.27. The normalized spacial score (nSPS) is 14.4. The lowest BCUT2D eigenvalue weighted by Crippen LogP contribution is -2.36. The molecule has 0 bridgehead atoms. The van der Waals surface area contributed by atoms with Crippen LogP contribution in [0.15, 0.2) is 46.5 Å². The molecule has 4 nitrogen and oxygen atoms in total. The highest BCUT2D eigenvalue weighted by molar-refractivity contribution is 9.11. The van der Waals surface area contributed by atoms with E-state index in [1.807, 2.05) is 17.0 Å². The van der Waals surface area contributed by atoms with Crippen LogP contribution in [-0.4, -0.2) is 21.9 Å². The number of hydrogen-bond donors (Lipinski definition) is 0. The van der Waals surface area contributed by atoms with Gasteiger partial charge in [0.25, 0.3) is 0 Å². The predicted octanol–water partition coefficient (Wildman–Crippen LogP) is 5.71. The fraction of sp³-hybridized carbons (Fsp3) is 0.286. The second-order valence-electron chi connectivity index (χ2n) is 6.93. The summed E-state index contributed by atoms with van der Waals surface area (Å²) in [5.41, 5.74) is 5.35. The van der Waals surface area contributed by atoms with Crippen LogP contribution in [0.25, 0.3) is 21.8 Å². The second kappa shape index (κ2) is 7.52. The van der Waals surface area contributed by atoms with Gasteiger partial charge in [-0.15, -0.1) is 11.3 Å². The van der Waals surface area contributed by atoms with Crippen LogP contribution < -0.4 is 4.90 Å². The van der Waals surface area contributed by atoms with Gasteiger partial charge in [0.1, 0.15) is 5.01 Å². The van der Waals surface area contributed by atoms with Gasteiger partial charge in [-0.2, -0.15) is 0 Å². The fourth-order valence-electron chi connectivity index (χ4n) is 3.52. The number of aromatic nitrogens is 2. The minimum Gasteiger partial charge on any atom is -0.310 e. The number of halogens is 1. The van der Waals surface area contributed by atoms with E-state index >= 15 is 0 Å². The van der Waals surface area contributed by atoms with Gasteiger partial charge in [-0.25, -0.2) is 4.98 Å². The Morgan fingerprint density at radius 2 is 1.89 bits per heavy atom. The van der Waals surface area contributed by atoms with Crippen molar-refractivity contribution in [3.05, 3.63) is 52.1 Å². The molecular formula is C21H20BrN3OS. The Balaban J connectivity index is 1.75. The van der Waals surface area contributed by atoms with Gasteiger partial charge in [-0.05, 0) is 72.4 Å². The van der Waals surface area contributed by atoms with Crippen molar-refractivity contribution in [1.82, 2.24) is 9.97 Å². The third-order valence-electron chi connectivity index (χ3n) is 4.75. The summed E-state index contributed by atoms with van der Waals surface area (Å²) >= 11 is 5.31. The van der Waals surface area contributed by atoms with Crippen molar-refractivity contribution in [3.8, 4) is 21.8 Å². The van der Waals surface area contributed by atoms with E-state index < -0.39 is 0 Å². The number of fused-ring (bicyclic) bond motifs is 1. The molecular weight excluding hydrogens is 422 g/mol. The summed E-state index contributed by atoms with van der Waals surface area (Å²) in [6.45, 7) is 4.14. The SMILES string of the molecule is CC(C)N1C(=O)CCCc2cc(-c3nc(-c4ccncc4)sc3Br)ccc21. The number of hydrogen-bond acceptors (Lipinski definition) is 4. The summed E-state index contributed by atoms with van der Waals surface area (Å²) < 4.78 is 1.01. The monoisotopic (exact) mass is 441 g/mol.